The lowest BCUT2D eigenvalue weighted by Crippen LogP contribution is -2.05. The van der Waals surface area contributed by atoms with Crippen molar-refractivity contribution in [1.29, 1.82) is 5.26 Å². The quantitative estimate of drug-likeness (QED) is 0.470. The smallest absolute Gasteiger partial charge is 0.258 e. The highest BCUT2D eigenvalue weighted by Crippen LogP contribution is 2.24. The molecule has 0 N–H and O–H groups in total. The van der Waals surface area contributed by atoms with Crippen LogP contribution in [0, 0.1) is 25.0 Å². The van der Waals surface area contributed by atoms with Crippen molar-refractivity contribution in [3.05, 3.63) is 43.9 Å². The average molecular weight is 341 g/mol. The maximum absolute atomic E-state index is 11.0. The normalized spacial score (nSPS) is 9.88. The Morgan fingerprint density at radius 1 is 1.59 bits per heavy atom. The van der Waals surface area contributed by atoms with Crippen LogP contribution in [0.25, 0.3) is 5.82 Å². The molecule has 0 saturated carbocycles. The summed E-state index contributed by atoms with van der Waals surface area (Å²) in [5.74, 6) is 0.0389. The zero-order valence-corrected chi connectivity index (χ0v) is 10.4. The molecule has 17 heavy (non-hydrogen) atoms. The monoisotopic (exact) mass is 341 g/mol. The van der Waals surface area contributed by atoms with Crippen molar-refractivity contribution in [1.82, 2.24) is 14.8 Å². The topological polar surface area (TPSA) is 97.6 Å². The third-order valence-corrected chi connectivity index (χ3v) is 2.53. The molecule has 0 radical (unpaired) electrons. The van der Waals surface area contributed by atoms with Gasteiger partial charge in [-0.3, -0.25) is 10.1 Å². The predicted molar refractivity (Wildman–Crippen MR) is 65.4 cm³/mol. The van der Waals surface area contributed by atoms with Gasteiger partial charge in [-0.2, -0.15) is 10.4 Å². The molecule has 0 saturated heterocycles. The van der Waals surface area contributed by atoms with Crippen molar-refractivity contribution in [2.45, 2.75) is 0 Å². The molecule has 0 aliphatic heterocycles. The summed E-state index contributed by atoms with van der Waals surface area (Å²) in [7, 11) is 0. The minimum Gasteiger partial charge on any atom is -0.258 e. The first-order valence-corrected chi connectivity index (χ1v) is 5.45. The second kappa shape index (κ2) is 4.46. The van der Waals surface area contributed by atoms with E-state index < -0.39 is 4.92 Å². The largest absolute Gasteiger partial charge is 0.331 e. The fourth-order valence-electron chi connectivity index (χ4n) is 1.30. The zero-order valence-electron chi connectivity index (χ0n) is 8.24. The van der Waals surface area contributed by atoms with E-state index in [1.54, 1.807) is 18.5 Å². The fraction of sp³-hybridized carbons (Fsp3) is 0. The van der Waals surface area contributed by atoms with Gasteiger partial charge in [0.1, 0.15) is 11.6 Å². The van der Waals surface area contributed by atoms with E-state index in [2.05, 4.69) is 10.1 Å². The van der Waals surface area contributed by atoms with Crippen molar-refractivity contribution in [2.24, 2.45) is 0 Å². The Hall–Kier alpha value is -2.02. The number of nitro groups is 1. The Bertz CT molecular complexity index is 631. The molecule has 2 aromatic heterocycles. The van der Waals surface area contributed by atoms with Gasteiger partial charge in [0.05, 0.1) is 14.7 Å². The number of aromatic nitrogens is 3. The average Bonchev–Trinajstić information content (AvgIpc) is 2.74. The maximum atomic E-state index is 11.0. The van der Waals surface area contributed by atoms with Crippen molar-refractivity contribution < 1.29 is 4.92 Å². The van der Waals surface area contributed by atoms with E-state index in [1.807, 2.05) is 22.6 Å². The van der Waals surface area contributed by atoms with Gasteiger partial charge in [-0.05, 0) is 28.7 Å². The van der Waals surface area contributed by atoms with Crippen LogP contribution in [0.3, 0.4) is 0 Å². The van der Waals surface area contributed by atoms with E-state index >= 15 is 0 Å². The van der Waals surface area contributed by atoms with Gasteiger partial charge in [0.25, 0.3) is 0 Å². The van der Waals surface area contributed by atoms with Crippen molar-refractivity contribution >= 4 is 28.3 Å². The predicted octanol–water partition coefficient (Wildman–Crippen LogP) is 1.65. The molecular weight excluding hydrogens is 337 g/mol. The number of hydrogen-bond acceptors (Lipinski definition) is 5. The summed E-state index contributed by atoms with van der Waals surface area (Å²) in [6.45, 7) is 0. The van der Waals surface area contributed by atoms with Gasteiger partial charge in [0, 0.05) is 12.4 Å². The summed E-state index contributed by atoms with van der Waals surface area (Å²) < 4.78 is 2.10. The molecule has 0 aromatic carbocycles. The molecule has 2 aromatic rings. The van der Waals surface area contributed by atoms with Crippen molar-refractivity contribution in [2.75, 3.05) is 0 Å². The minimum absolute atomic E-state index is 0.0366. The second-order valence-corrected chi connectivity index (χ2v) is 4.25. The summed E-state index contributed by atoms with van der Waals surface area (Å²) in [5, 5.41) is 23.7. The van der Waals surface area contributed by atoms with E-state index in [1.165, 1.54) is 16.9 Å². The van der Waals surface area contributed by atoms with Crippen LogP contribution in [0.5, 0.6) is 0 Å². The van der Waals surface area contributed by atoms with Gasteiger partial charge in [-0.25, -0.2) is 9.67 Å². The Balaban J connectivity index is 2.70. The molecule has 0 amide bonds. The fourth-order valence-corrected chi connectivity index (χ4v) is 1.69. The Morgan fingerprint density at radius 3 is 2.88 bits per heavy atom. The van der Waals surface area contributed by atoms with Gasteiger partial charge in [-0.15, -0.1) is 0 Å². The number of rotatable bonds is 2. The van der Waals surface area contributed by atoms with Gasteiger partial charge in [0.15, 0.2) is 0 Å². The first-order chi connectivity index (χ1) is 8.13. The van der Waals surface area contributed by atoms with Gasteiger partial charge >= 0.3 is 5.69 Å². The maximum Gasteiger partial charge on any atom is 0.331 e. The molecule has 0 spiro atoms. The van der Waals surface area contributed by atoms with Crippen LogP contribution in [0.4, 0.5) is 5.69 Å². The van der Waals surface area contributed by atoms with Crippen LogP contribution < -0.4 is 0 Å². The molecule has 7 nitrogen and oxygen atoms in total. The third-order valence-electron chi connectivity index (χ3n) is 1.98. The molecule has 0 aliphatic rings. The molecule has 0 unspecified atom stereocenters. The van der Waals surface area contributed by atoms with E-state index in [9.17, 15) is 10.1 Å². The van der Waals surface area contributed by atoms with E-state index in [0.717, 1.165) is 3.57 Å². The lowest BCUT2D eigenvalue weighted by Gasteiger charge is -2.02. The van der Waals surface area contributed by atoms with Crippen LogP contribution in [-0.2, 0) is 0 Å². The summed E-state index contributed by atoms with van der Waals surface area (Å²) in [6.07, 6.45) is 4.48. The molecule has 0 aliphatic carbocycles. The standard InChI is InChI=1S/C9H4IN5O2/c10-7-4-13-14(5-7)9-8(15(16)17)6(3-11)1-2-12-9/h1-2,4-5H. The number of nitrogens with zero attached hydrogens (tertiary/aromatic N) is 5. The van der Waals surface area contributed by atoms with Crippen LogP contribution in [0.2, 0.25) is 0 Å². The molecule has 8 heteroatoms. The highest BCUT2D eigenvalue weighted by Gasteiger charge is 2.22. The molecule has 84 valence electrons. The molecule has 2 rings (SSSR count). The minimum atomic E-state index is -0.630. The molecule has 0 atom stereocenters. The van der Waals surface area contributed by atoms with Crippen LogP contribution in [0.1, 0.15) is 5.56 Å². The molecule has 2 heterocycles. The number of nitriles is 1. The van der Waals surface area contributed by atoms with Crippen LogP contribution in [-0.4, -0.2) is 19.7 Å². The Kier molecular flexibility index (Phi) is 3.01. The summed E-state index contributed by atoms with van der Waals surface area (Å²) in [5.41, 5.74) is -0.375. The summed E-state index contributed by atoms with van der Waals surface area (Å²) in [4.78, 5) is 14.2. The van der Waals surface area contributed by atoms with Gasteiger partial charge in [0.2, 0.25) is 5.82 Å². The van der Waals surface area contributed by atoms with E-state index in [0.29, 0.717) is 0 Å². The van der Waals surface area contributed by atoms with Gasteiger partial charge < -0.3 is 0 Å². The SMILES string of the molecule is N#Cc1ccnc(-n2cc(I)cn2)c1[N+](=O)[O-]. The second-order valence-electron chi connectivity index (χ2n) is 3.00. The number of hydrogen-bond donors (Lipinski definition) is 0. The van der Waals surface area contributed by atoms with E-state index in [4.69, 9.17) is 5.26 Å². The number of halogens is 1. The molecular formula is C9H4IN5O2. The molecule has 0 bridgehead atoms. The lowest BCUT2D eigenvalue weighted by molar-refractivity contribution is -0.385. The highest BCUT2D eigenvalue weighted by atomic mass is 127. The van der Waals surface area contributed by atoms with Gasteiger partial charge in [-0.1, -0.05) is 0 Å². The Morgan fingerprint density at radius 2 is 2.35 bits per heavy atom. The van der Waals surface area contributed by atoms with Crippen LogP contribution in [0.15, 0.2) is 24.7 Å². The molecule has 0 fully saturated rings. The van der Waals surface area contributed by atoms with Crippen molar-refractivity contribution in [3.8, 4) is 11.9 Å². The first-order valence-electron chi connectivity index (χ1n) is 4.37. The zero-order chi connectivity index (χ0) is 12.4. The number of pyridine rings is 1. The van der Waals surface area contributed by atoms with E-state index in [-0.39, 0.29) is 17.1 Å². The third kappa shape index (κ3) is 2.09. The Labute approximate surface area is 109 Å². The highest BCUT2D eigenvalue weighted by molar-refractivity contribution is 14.1. The van der Waals surface area contributed by atoms with Crippen molar-refractivity contribution in [3.63, 3.8) is 0 Å². The lowest BCUT2D eigenvalue weighted by atomic mass is 10.2. The first kappa shape index (κ1) is 11.5. The van der Waals surface area contributed by atoms with Crippen LogP contribution >= 0.6 is 22.6 Å². The summed E-state index contributed by atoms with van der Waals surface area (Å²) in [6, 6.07) is 3.07. The summed E-state index contributed by atoms with van der Waals surface area (Å²) >= 11 is 2.03.